The third-order valence-corrected chi connectivity index (χ3v) is 6.25. The number of nitrogens with zero attached hydrogens (tertiary/aromatic N) is 3. The van der Waals surface area contributed by atoms with E-state index in [1.165, 1.54) is 5.56 Å². The first-order valence-corrected chi connectivity index (χ1v) is 10.7. The van der Waals surface area contributed by atoms with Crippen LogP contribution in [-0.2, 0) is 21.5 Å². The molecule has 6 heteroatoms. The number of rotatable bonds is 4. The molecular formula is C25H26N4O2. The van der Waals surface area contributed by atoms with Crippen molar-refractivity contribution in [3.05, 3.63) is 77.0 Å². The number of nitrogens with one attached hydrogen (secondary N) is 1. The van der Waals surface area contributed by atoms with E-state index in [1.54, 1.807) is 10.9 Å². The Bertz CT molecular complexity index is 1180. The van der Waals surface area contributed by atoms with Crippen molar-refractivity contribution in [2.24, 2.45) is 5.92 Å². The molecule has 1 aromatic heterocycles. The van der Waals surface area contributed by atoms with Crippen molar-refractivity contribution < 1.29 is 9.59 Å². The molecule has 1 atom stereocenters. The summed E-state index contributed by atoms with van der Waals surface area (Å²) in [5, 5.41) is 7.58. The molecule has 2 aliphatic heterocycles. The zero-order valence-corrected chi connectivity index (χ0v) is 18.1. The van der Waals surface area contributed by atoms with Crippen molar-refractivity contribution in [3.8, 4) is 0 Å². The van der Waals surface area contributed by atoms with Crippen LogP contribution in [0.25, 0.3) is 0 Å². The van der Waals surface area contributed by atoms with Crippen LogP contribution in [0.4, 0.5) is 11.5 Å². The summed E-state index contributed by atoms with van der Waals surface area (Å²) in [4.78, 5) is 28.6. The molecule has 0 saturated carbocycles. The van der Waals surface area contributed by atoms with Crippen LogP contribution in [0.3, 0.4) is 0 Å². The molecular weight excluding hydrogens is 388 g/mol. The van der Waals surface area contributed by atoms with Crippen molar-refractivity contribution in [1.82, 2.24) is 9.78 Å². The van der Waals surface area contributed by atoms with Gasteiger partial charge in [0.15, 0.2) is 0 Å². The van der Waals surface area contributed by atoms with Gasteiger partial charge in [-0.15, -0.1) is 0 Å². The van der Waals surface area contributed by atoms with Gasteiger partial charge in [0, 0.05) is 24.2 Å². The van der Waals surface area contributed by atoms with Gasteiger partial charge in [-0.3, -0.25) is 9.59 Å². The molecule has 0 saturated heterocycles. The van der Waals surface area contributed by atoms with Crippen molar-refractivity contribution in [3.63, 3.8) is 0 Å². The summed E-state index contributed by atoms with van der Waals surface area (Å²) in [6.45, 7) is 7.39. The van der Waals surface area contributed by atoms with Gasteiger partial charge < -0.3 is 10.2 Å². The number of benzene rings is 2. The molecule has 1 N–H and O–H groups in total. The lowest BCUT2D eigenvalue weighted by Crippen LogP contribution is -2.47. The smallest absolute Gasteiger partial charge is 0.242 e. The highest BCUT2D eigenvalue weighted by atomic mass is 16.2. The maximum atomic E-state index is 13.9. The lowest BCUT2D eigenvalue weighted by Gasteiger charge is -2.32. The van der Waals surface area contributed by atoms with Crippen LogP contribution in [0.1, 0.15) is 42.5 Å². The average Bonchev–Trinajstić information content (AvgIpc) is 3.23. The first-order chi connectivity index (χ1) is 14.9. The lowest BCUT2D eigenvalue weighted by molar-refractivity contribution is -0.126. The van der Waals surface area contributed by atoms with E-state index in [-0.39, 0.29) is 18.2 Å². The van der Waals surface area contributed by atoms with Gasteiger partial charge in [0.25, 0.3) is 0 Å². The van der Waals surface area contributed by atoms with Gasteiger partial charge in [-0.05, 0) is 30.0 Å². The van der Waals surface area contributed by atoms with E-state index < -0.39 is 5.41 Å². The number of hydrogen-bond acceptors (Lipinski definition) is 3. The molecule has 0 bridgehead atoms. The molecule has 2 aliphatic rings. The SMILES string of the molecule is Cc1ccc(Cn2ncc3c2NC(=O)C[C@]32C(=O)N(CC(C)C)c3ccccc32)cc1. The van der Waals surface area contributed by atoms with Crippen LogP contribution in [0.15, 0.2) is 54.7 Å². The zero-order chi connectivity index (χ0) is 21.8. The van der Waals surface area contributed by atoms with Crippen molar-refractivity contribution in [1.29, 1.82) is 0 Å². The van der Waals surface area contributed by atoms with Crippen molar-refractivity contribution in [2.45, 2.75) is 39.2 Å². The number of carbonyl (C=O) groups excluding carboxylic acids is 2. The Kier molecular flexibility index (Phi) is 4.46. The normalized spacial score (nSPS) is 19.7. The first-order valence-electron chi connectivity index (χ1n) is 10.7. The third kappa shape index (κ3) is 2.97. The molecule has 2 aromatic carbocycles. The summed E-state index contributed by atoms with van der Waals surface area (Å²) in [6.07, 6.45) is 1.86. The summed E-state index contributed by atoms with van der Waals surface area (Å²) < 4.78 is 1.79. The second-order valence-corrected chi connectivity index (χ2v) is 9.01. The predicted octanol–water partition coefficient (Wildman–Crippen LogP) is 3.87. The number of hydrogen-bond donors (Lipinski definition) is 1. The maximum absolute atomic E-state index is 13.9. The highest BCUT2D eigenvalue weighted by molar-refractivity contribution is 6.15. The molecule has 6 nitrogen and oxygen atoms in total. The Morgan fingerprint density at radius 1 is 1.06 bits per heavy atom. The minimum Gasteiger partial charge on any atom is -0.311 e. The standard InChI is InChI=1S/C25H26N4O2/c1-16(2)14-28-21-7-5-4-6-19(21)25(24(28)31)12-22(30)27-23-20(25)13-26-29(23)15-18-10-8-17(3)9-11-18/h4-11,13,16H,12,14-15H2,1-3H3,(H,27,30)/t25-/m1/s1. The molecule has 2 amide bonds. The Morgan fingerprint density at radius 3 is 2.55 bits per heavy atom. The van der Waals surface area contributed by atoms with Gasteiger partial charge in [0.05, 0.1) is 12.7 Å². The number of aryl methyl sites for hydroxylation is 1. The fourth-order valence-electron chi connectivity index (χ4n) is 4.83. The van der Waals surface area contributed by atoms with Gasteiger partial charge in [0.1, 0.15) is 11.2 Å². The van der Waals surface area contributed by atoms with Gasteiger partial charge in [-0.2, -0.15) is 5.10 Å². The Labute approximate surface area is 181 Å². The topological polar surface area (TPSA) is 67.2 Å². The molecule has 3 heterocycles. The van der Waals surface area contributed by atoms with Crippen molar-refractivity contribution >= 4 is 23.3 Å². The van der Waals surface area contributed by atoms with Gasteiger partial charge in [-0.25, -0.2) is 4.68 Å². The number of carbonyl (C=O) groups is 2. The third-order valence-electron chi connectivity index (χ3n) is 6.25. The average molecular weight is 415 g/mol. The van der Waals surface area contributed by atoms with E-state index in [1.807, 2.05) is 29.2 Å². The van der Waals surface area contributed by atoms with Crippen LogP contribution >= 0.6 is 0 Å². The van der Waals surface area contributed by atoms with E-state index in [0.29, 0.717) is 24.8 Å². The van der Waals surface area contributed by atoms with E-state index in [4.69, 9.17) is 0 Å². The van der Waals surface area contributed by atoms with E-state index in [9.17, 15) is 9.59 Å². The maximum Gasteiger partial charge on any atom is 0.242 e. The second kappa shape index (κ2) is 7.08. The minimum absolute atomic E-state index is 0.0339. The van der Waals surface area contributed by atoms with Gasteiger partial charge in [-0.1, -0.05) is 61.9 Å². The number of aromatic nitrogens is 2. The van der Waals surface area contributed by atoms with Crippen LogP contribution in [0.5, 0.6) is 0 Å². The highest BCUT2D eigenvalue weighted by Gasteiger charge is 2.56. The molecule has 0 fully saturated rings. The minimum atomic E-state index is -1.02. The quantitative estimate of drug-likeness (QED) is 0.705. The molecule has 0 radical (unpaired) electrons. The largest absolute Gasteiger partial charge is 0.311 e. The molecule has 3 aromatic rings. The number of anilines is 2. The summed E-state index contributed by atoms with van der Waals surface area (Å²) >= 11 is 0. The van der Waals surface area contributed by atoms with Crippen molar-refractivity contribution in [2.75, 3.05) is 16.8 Å². The molecule has 5 rings (SSSR count). The molecule has 31 heavy (non-hydrogen) atoms. The fraction of sp³-hybridized carbons (Fsp3) is 0.320. The van der Waals surface area contributed by atoms with Crippen LogP contribution in [0, 0.1) is 12.8 Å². The Hall–Kier alpha value is -3.41. The van der Waals surface area contributed by atoms with E-state index in [0.717, 1.165) is 22.4 Å². The number of fused-ring (bicyclic) bond motifs is 4. The molecule has 158 valence electrons. The van der Waals surface area contributed by atoms with Crippen LogP contribution < -0.4 is 10.2 Å². The molecule has 1 spiro atoms. The van der Waals surface area contributed by atoms with E-state index >= 15 is 0 Å². The van der Waals surface area contributed by atoms with Gasteiger partial charge in [0.2, 0.25) is 11.8 Å². The summed E-state index contributed by atoms with van der Waals surface area (Å²) in [7, 11) is 0. The number of amides is 2. The summed E-state index contributed by atoms with van der Waals surface area (Å²) in [5.41, 5.74) is 3.83. The monoisotopic (exact) mass is 414 g/mol. The van der Waals surface area contributed by atoms with Crippen LogP contribution in [0.2, 0.25) is 0 Å². The zero-order valence-electron chi connectivity index (χ0n) is 18.1. The highest BCUT2D eigenvalue weighted by Crippen LogP contribution is 2.52. The van der Waals surface area contributed by atoms with Gasteiger partial charge >= 0.3 is 0 Å². The van der Waals surface area contributed by atoms with Crippen LogP contribution in [-0.4, -0.2) is 28.1 Å². The second-order valence-electron chi connectivity index (χ2n) is 9.01. The Balaban J connectivity index is 1.64. The van der Waals surface area contributed by atoms with E-state index in [2.05, 4.69) is 55.5 Å². The molecule has 0 aliphatic carbocycles. The fourth-order valence-corrected chi connectivity index (χ4v) is 4.83. The molecule has 0 unspecified atom stereocenters. The lowest BCUT2D eigenvalue weighted by atomic mass is 9.72. The summed E-state index contributed by atoms with van der Waals surface area (Å²) in [5.74, 6) is 0.737. The number of para-hydroxylation sites is 1. The Morgan fingerprint density at radius 2 is 1.81 bits per heavy atom. The predicted molar refractivity (Wildman–Crippen MR) is 120 cm³/mol. The summed E-state index contributed by atoms with van der Waals surface area (Å²) in [6, 6.07) is 16.1. The first kappa shape index (κ1) is 19.5.